The van der Waals surface area contributed by atoms with Crippen molar-refractivity contribution in [2.75, 3.05) is 13.1 Å². The van der Waals surface area contributed by atoms with E-state index in [2.05, 4.69) is 5.32 Å². The van der Waals surface area contributed by atoms with Gasteiger partial charge in [-0.05, 0) is 37.1 Å². The normalized spacial score (nSPS) is 20.1. The molecule has 1 fully saturated rings. The maximum absolute atomic E-state index is 12.8. The zero-order chi connectivity index (χ0) is 17.5. The van der Waals surface area contributed by atoms with Crippen molar-refractivity contribution in [1.82, 2.24) is 10.2 Å². The first-order chi connectivity index (χ1) is 11.5. The molecule has 1 aromatic rings. The third-order valence-corrected chi connectivity index (χ3v) is 4.22. The minimum atomic E-state index is -0.824. The second-order valence-corrected chi connectivity index (χ2v) is 6.00. The summed E-state index contributed by atoms with van der Waals surface area (Å²) in [5.41, 5.74) is 0.847. The van der Waals surface area contributed by atoms with Crippen molar-refractivity contribution >= 4 is 18.0 Å². The van der Waals surface area contributed by atoms with Gasteiger partial charge in [0.2, 0.25) is 5.91 Å². The fourth-order valence-corrected chi connectivity index (χ4v) is 2.84. The molecular formula is C18H23FN2O3. The number of carboxylic acid groups (broad SMARTS) is 1. The number of benzene rings is 1. The number of nitrogens with zero attached hydrogens (tertiary/aromatic N) is 1. The molecule has 1 aromatic carbocycles. The summed E-state index contributed by atoms with van der Waals surface area (Å²) >= 11 is 0. The van der Waals surface area contributed by atoms with E-state index in [1.54, 1.807) is 24.3 Å². The molecule has 0 aliphatic heterocycles. The fraction of sp³-hybridized carbons (Fsp3) is 0.444. The highest BCUT2D eigenvalue weighted by Gasteiger charge is 2.34. The van der Waals surface area contributed by atoms with Crippen LogP contribution in [0.15, 0.2) is 30.3 Å². The van der Waals surface area contributed by atoms with Crippen LogP contribution in [0.1, 0.15) is 31.7 Å². The van der Waals surface area contributed by atoms with Gasteiger partial charge in [0.25, 0.3) is 0 Å². The van der Waals surface area contributed by atoms with Crippen molar-refractivity contribution < 1.29 is 19.1 Å². The van der Waals surface area contributed by atoms with Crippen LogP contribution in [-0.2, 0) is 9.59 Å². The molecule has 0 heterocycles. The number of carbonyl (C=O) groups is 2. The first-order valence-corrected chi connectivity index (χ1v) is 8.15. The second kappa shape index (κ2) is 8.59. The Morgan fingerprint density at radius 1 is 1.33 bits per heavy atom. The summed E-state index contributed by atoms with van der Waals surface area (Å²) in [6, 6.07) is 6.41. The summed E-state index contributed by atoms with van der Waals surface area (Å²) in [7, 11) is 0. The number of hydrogen-bond acceptors (Lipinski definition) is 3. The SMILES string of the molecule is CCN(CC(=O)O)C1CC(NC(=O)C/C=C/c2ccc(F)cc2)C1. The number of likely N-dealkylation sites (N-methyl/N-ethyl adjacent to an activating group) is 1. The van der Waals surface area contributed by atoms with Gasteiger partial charge in [0.1, 0.15) is 5.82 Å². The van der Waals surface area contributed by atoms with Gasteiger partial charge in [-0.15, -0.1) is 0 Å². The van der Waals surface area contributed by atoms with Gasteiger partial charge in [-0.25, -0.2) is 4.39 Å². The molecule has 1 aliphatic rings. The summed E-state index contributed by atoms with van der Waals surface area (Å²) < 4.78 is 12.8. The van der Waals surface area contributed by atoms with Crippen LogP contribution in [0, 0.1) is 5.82 Å². The van der Waals surface area contributed by atoms with Gasteiger partial charge in [-0.2, -0.15) is 0 Å². The molecule has 6 heteroatoms. The van der Waals surface area contributed by atoms with Crippen LogP contribution in [0.2, 0.25) is 0 Å². The standard InChI is InChI=1S/C18H23FN2O3/c1-2-21(12-18(23)24)16-10-15(11-16)20-17(22)5-3-4-13-6-8-14(19)9-7-13/h3-4,6-9,15-16H,2,5,10-12H2,1H3,(H,20,22)(H,23,24)/b4-3+. The Kier molecular flexibility index (Phi) is 6.49. The third-order valence-electron chi connectivity index (χ3n) is 4.22. The maximum Gasteiger partial charge on any atom is 0.317 e. The molecule has 1 amide bonds. The molecule has 0 aromatic heterocycles. The largest absolute Gasteiger partial charge is 0.480 e. The Bertz CT molecular complexity index is 595. The van der Waals surface area contributed by atoms with Crippen LogP contribution in [0.4, 0.5) is 4.39 Å². The molecule has 2 N–H and O–H groups in total. The van der Waals surface area contributed by atoms with Crippen molar-refractivity contribution in [2.24, 2.45) is 0 Å². The smallest absolute Gasteiger partial charge is 0.317 e. The highest BCUT2D eigenvalue weighted by atomic mass is 19.1. The lowest BCUT2D eigenvalue weighted by Gasteiger charge is -2.42. The van der Waals surface area contributed by atoms with Gasteiger partial charge in [-0.3, -0.25) is 14.5 Å². The molecule has 130 valence electrons. The van der Waals surface area contributed by atoms with E-state index in [-0.39, 0.29) is 36.8 Å². The Labute approximate surface area is 141 Å². The maximum atomic E-state index is 12.8. The van der Waals surface area contributed by atoms with Crippen LogP contribution in [0.25, 0.3) is 6.08 Å². The number of hydrogen-bond donors (Lipinski definition) is 2. The van der Waals surface area contributed by atoms with E-state index in [9.17, 15) is 14.0 Å². The summed E-state index contributed by atoms with van der Waals surface area (Å²) in [6.45, 7) is 2.68. The number of aliphatic carboxylic acids is 1. The van der Waals surface area contributed by atoms with E-state index in [0.29, 0.717) is 6.54 Å². The van der Waals surface area contributed by atoms with Gasteiger partial charge in [0.05, 0.1) is 6.54 Å². The monoisotopic (exact) mass is 334 g/mol. The average Bonchev–Trinajstić information content (AvgIpc) is 2.50. The van der Waals surface area contributed by atoms with Crippen LogP contribution < -0.4 is 5.32 Å². The van der Waals surface area contributed by atoms with E-state index < -0.39 is 5.97 Å². The van der Waals surface area contributed by atoms with E-state index in [0.717, 1.165) is 18.4 Å². The Balaban J connectivity index is 1.69. The van der Waals surface area contributed by atoms with Crippen LogP contribution >= 0.6 is 0 Å². The minimum absolute atomic E-state index is 0.0439. The number of rotatable bonds is 8. The molecule has 0 unspecified atom stereocenters. The van der Waals surface area contributed by atoms with Crippen molar-refractivity contribution in [2.45, 2.75) is 38.3 Å². The number of carbonyl (C=O) groups excluding carboxylic acids is 1. The lowest BCUT2D eigenvalue weighted by Crippen LogP contribution is -2.54. The Morgan fingerprint density at radius 2 is 2.00 bits per heavy atom. The van der Waals surface area contributed by atoms with Gasteiger partial charge in [0, 0.05) is 18.5 Å². The van der Waals surface area contributed by atoms with Gasteiger partial charge >= 0.3 is 5.97 Å². The third kappa shape index (κ3) is 5.45. The number of nitrogens with one attached hydrogen (secondary N) is 1. The summed E-state index contributed by atoms with van der Waals surface area (Å²) in [5.74, 6) is -1.16. The molecule has 0 atom stereocenters. The summed E-state index contributed by atoms with van der Waals surface area (Å²) in [6.07, 6.45) is 5.38. The van der Waals surface area contributed by atoms with Crippen LogP contribution in [0.3, 0.4) is 0 Å². The molecule has 0 spiro atoms. The van der Waals surface area contributed by atoms with Crippen molar-refractivity contribution in [3.05, 3.63) is 41.7 Å². The molecule has 0 radical (unpaired) electrons. The predicted octanol–water partition coefficient (Wildman–Crippen LogP) is 2.28. The minimum Gasteiger partial charge on any atom is -0.480 e. The van der Waals surface area contributed by atoms with E-state index in [1.165, 1.54) is 12.1 Å². The van der Waals surface area contributed by atoms with Crippen LogP contribution in [0.5, 0.6) is 0 Å². The number of amides is 1. The van der Waals surface area contributed by atoms with Gasteiger partial charge in [-0.1, -0.05) is 31.2 Å². The molecule has 0 bridgehead atoms. The first-order valence-electron chi connectivity index (χ1n) is 8.15. The molecule has 24 heavy (non-hydrogen) atoms. The Hall–Kier alpha value is -2.21. The molecular weight excluding hydrogens is 311 g/mol. The summed E-state index contributed by atoms with van der Waals surface area (Å²) in [5, 5.41) is 11.8. The number of carboxylic acids is 1. The highest BCUT2D eigenvalue weighted by molar-refractivity contribution is 5.79. The van der Waals surface area contributed by atoms with Gasteiger partial charge in [0.15, 0.2) is 0 Å². The number of halogens is 1. The highest BCUT2D eigenvalue weighted by Crippen LogP contribution is 2.25. The second-order valence-electron chi connectivity index (χ2n) is 6.00. The molecule has 2 rings (SSSR count). The van der Waals surface area contributed by atoms with E-state index in [1.807, 2.05) is 11.8 Å². The Morgan fingerprint density at radius 3 is 2.58 bits per heavy atom. The molecule has 5 nitrogen and oxygen atoms in total. The predicted molar refractivity (Wildman–Crippen MR) is 89.9 cm³/mol. The van der Waals surface area contributed by atoms with Gasteiger partial charge < -0.3 is 10.4 Å². The lowest BCUT2D eigenvalue weighted by molar-refractivity contribution is -0.139. The lowest BCUT2D eigenvalue weighted by atomic mass is 9.85. The zero-order valence-corrected chi connectivity index (χ0v) is 13.7. The molecule has 1 saturated carbocycles. The average molecular weight is 334 g/mol. The fourth-order valence-electron chi connectivity index (χ4n) is 2.84. The summed E-state index contributed by atoms with van der Waals surface area (Å²) in [4.78, 5) is 24.6. The molecule has 1 aliphatic carbocycles. The van der Waals surface area contributed by atoms with Crippen molar-refractivity contribution in [3.8, 4) is 0 Å². The molecule has 0 saturated heterocycles. The van der Waals surface area contributed by atoms with Crippen LogP contribution in [-0.4, -0.2) is 47.1 Å². The quantitative estimate of drug-likeness (QED) is 0.765. The van der Waals surface area contributed by atoms with Crippen molar-refractivity contribution in [3.63, 3.8) is 0 Å². The first kappa shape index (κ1) is 18.1. The van der Waals surface area contributed by atoms with E-state index in [4.69, 9.17) is 5.11 Å². The zero-order valence-electron chi connectivity index (χ0n) is 13.7. The topological polar surface area (TPSA) is 69.6 Å². The van der Waals surface area contributed by atoms with E-state index >= 15 is 0 Å². The van der Waals surface area contributed by atoms with Crippen molar-refractivity contribution in [1.29, 1.82) is 0 Å².